The summed E-state index contributed by atoms with van der Waals surface area (Å²) in [5.41, 5.74) is 9.26. The van der Waals surface area contributed by atoms with Gasteiger partial charge in [-0.1, -0.05) is 12.1 Å². The molecule has 0 aliphatic carbocycles. The van der Waals surface area contributed by atoms with Gasteiger partial charge >= 0.3 is 0 Å². The Bertz CT molecular complexity index is 2090. The molecule has 12 heteroatoms. The minimum atomic E-state index is 0.199. The maximum absolute atomic E-state index is 9.79. The van der Waals surface area contributed by atoms with Crippen LogP contribution >= 0.6 is 22.7 Å². The lowest BCUT2D eigenvalue weighted by Gasteiger charge is -2.21. The van der Waals surface area contributed by atoms with E-state index < -0.39 is 0 Å². The van der Waals surface area contributed by atoms with Gasteiger partial charge in [-0.2, -0.15) is 0 Å². The molecule has 0 spiro atoms. The molecule has 5 heterocycles. The van der Waals surface area contributed by atoms with Gasteiger partial charge in [-0.05, 0) is 125 Å². The molecule has 4 aromatic heterocycles. The Hall–Kier alpha value is -4.62. The monoisotopic (exact) mass is 717 g/mol. The largest absolute Gasteiger partial charge is 0.395 e. The summed E-state index contributed by atoms with van der Waals surface area (Å²) in [6.45, 7) is 10.4. The fourth-order valence-corrected chi connectivity index (χ4v) is 8.50. The number of hydrogen-bond acceptors (Lipinski definition) is 12. The first-order valence-electron chi connectivity index (χ1n) is 17.4. The summed E-state index contributed by atoms with van der Waals surface area (Å²) >= 11 is 3.33. The molecule has 0 radical (unpaired) electrons. The van der Waals surface area contributed by atoms with Crippen LogP contribution in [0.2, 0.25) is 0 Å². The number of anilines is 4. The maximum atomic E-state index is 9.79. The van der Waals surface area contributed by atoms with Crippen molar-refractivity contribution in [2.24, 2.45) is 0 Å². The number of likely N-dealkylation sites (tertiary alicyclic amines) is 1. The van der Waals surface area contributed by atoms with Crippen molar-refractivity contribution in [1.29, 1.82) is 0 Å². The molecule has 0 amide bonds. The Morgan fingerprint density at radius 1 is 0.725 bits per heavy atom. The van der Waals surface area contributed by atoms with Crippen molar-refractivity contribution in [1.82, 2.24) is 34.8 Å². The first-order valence-corrected chi connectivity index (χ1v) is 19.1. The molecule has 51 heavy (non-hydrogen) atoms. The topological polar surface area (TPSA) is 125 Å². The Balaban J connectivity index is 1.05. The van der Waals surface area contributed by atoms with Crippen LogP contribution in [0.4, 0.5) is 23.3 Å². The average molecular weight is 718 g/mol. The number of thiazole rings is 2. The highest BCUT2D eigenvalue weighted by atomic mass is 32.1. The number of hydrogen-bond donors (Lipinski definition) is 3. The van der Waals surface area contributed by atoms with Crippen molar-refractivity contribution in [3.8, 4) is 21.4 Å². The Morgan fingerprint density at radius 3 is 2.06 bits per heavy atom. The van der Waals surface area contributed by atoms with Gasteiger partial charge in [-0.3, -0.25) is 4.90 Å². The lowest BCUT2D eigenvalue weighted by Crippen LogP contribution is -2.31. The van der Waals surface area contributed by atoms with Crippen molar-refractivity contribution in [3.05, 3.63) is 105 Å². The molecule has 0 bridgehead atoms. The number of nitrogens with one attached hydrogen (secondary N) is 2. The third-order valence-electron chi connectivity index (χ3n) is 8.86. The molecular weight excluding hydrogens is 675 g/mol. The predicted octanol–water partition coefficient (Wildman–Crippen LogP) is 8.37. The lowest BCUT2D eigenvalue weighted by atomic mass is 10.1. The standard InChI is InChI=1S/C39H43N9OS2/c1-24-13-25(2)16-29(15-24)44-38-40-11-10-34(46-38)36-41-20-32(50-36)9-5-7-28-19-35(47-39(43-28)45-30-17-26(3)14-27(4)18-30)37-42-21-33(51-37)22-48-12-6-8-31(48)23-49/h10-11,13-21,31,49H,5-9,12,22-23H2,1-4H3,(H,40,44,46)(H,43,45,47)/t31-/m0/s1. The molecule has 1 aliphatic rings. The molecule has 1 aliphatic heterocycles. The molecule has 3 N–H and O–H groups in total. The van der Waals surface area contributed by atoms with E-state index in [1.54, 1.807) is 28.9 Å². The average Bonchev–Trinajstić information content (AvgIpc) is 3.86. The van der Waals surface area contributed by atoms with Crippen molar-refractivity contribution in [3.63, 3.8) is 0 Å². The summed E-state index contributed by atoms with van der Waals surface area (Å²) in [4.78, 5) is 33.3. The van der Waals surface area contributed by atoms with Crippen LogP contribution in [0.15, 0.2) is 67.1 Å². The van der Waals surface area contributed by atoms with E-state index >= 15 is 0 Å². The minimum Gasteiger partial charge on any atom is -0.395 e. The molecule has 7 rings (SSSR count). The number of aryl methyl sites for hydroxylation is 6. The zero-order chi connectivity index (χ0) is 35.3. The van der Waals surface area contributed by atoms with Gasteiger partial charge in [0.2, 0.25) is 11.9 Å². The summed E-state index contributed by atoms with van der Waals surface area (Å²) in [5, 5.41) is 18.3. The van der Waals surface area contributed by atoms with E-state index in [9.17, 15) is 5.11 Å². The van der Waals surface area contributed by atoms with Gasteiger partial charge in [0.15, 0.2) is 0 Å². The van der Waals surface area contributed by atoms with Crippen LogP contribution in [0.5, 0.6) is 0 Å². The van der Waals surface area contributed by atoms with E-state index in [0.29, 0.717) is 11.9 Å². The van der Waals surface area contributed by atoms with E-state index in [-0.39, 0.29) is 12.6 Å². The summed E-state index contributed by atoms with van der Waals surface area (Å²) in [6, 6.07) is 16.9. The molecule has 0 saturated carbocycles. The maximum Gasteiger partial charge on any atom is 0.228 e. The number of aromatic nitrogens is 6. The highest BCUT2D eigenvalue weighted by Gasteiger charge is 2.24. The summed E-state index contributed by atoms with van der Waals surface area (Å²) in [5.74, 6) is 1.12. The fraction of sp³-hybridized carbons (Fsp3) is 0.333. The van der Waals surface area contributed by atoms with E-state index in [1.165, 1.54) is 32.0 Å². The quantitative estimate of drug-likeness (QED) is 0.107. The Kier molecular flexibility index (Phi) is 10.7. The van der Waals surface area contributed by atoms with E-state index in [0.717, 1.165) is 83.7 Å². The van der Waals surface area contributed by atoms with Crippen molar-refractivity contribution < 1.29 is 5.11 Å². The summed E-state index contributed by atoms with van der Waals surface area (Å²) in [6.07, 6.45) is 10.4. The van der Waals surface area contributed by atoms with Crippen molar-refractivity contribution in [2.45, 2.75) is 72.4 Å². The fourth-order valence-electron chi connectivity index (χ4n) is 6.68. The van der Waals surface area contributed by atoms with Gasteiger partial charge in [0.1, 0.15) is 21.4 Å². The number of nitrogens with zero attached hydrogens (tertiary/aromatic N) is 7. The second-order valence-corrected chi connectivity index (χ2v) is 15.6. The number of rotatable bonds is 13. The second kappa shape index (κ2) is 15.7. The third kappa shape index (κ3) is 9.01. The molecule has 262 valence electrons. The molecule has 1 saturated heterocycles. The highest BCUT2D eigenvalue weighted by molar-refractivity contribution is 7.15. The van der Waals surface area contributed by atoms with E-state index in [4.69, 9.17) is 24.9 Å². The van der Waals surface area contributed by atoms with Gasteiger partial charge < -0.3 is 15.7 Å². The predicted molar refractivity (Wildman–Crippen MR) is 207 cm³/mol. The molecule has 1 atom stereocenters. The first-order chi connectivity index (χ1) is 24.8. The van der Waals surface area contributed by atoms with E-state index in [1.807, 2.05) is 18.5 Å². The van der Waals surface area contributed by atoms with Crippen LogP contribution in [0, 0.1) is 27.7 Å². The third-order valence-corrected chi connectivity index (χ3v) is 10.9. The van der Waals surface area contributed by atoms with Crippen LogP contribution in [0.1, 0.15) is 57.0 Å². The Morgan fingerprint density at radius 2 is 1.35 bits per heavy atom. The zero-order valence-electron chi connectivity index (χ0n) is 29.5. The highest BCUT2D eigenvalue weighted by Crippen LogP contribution is 2.30. The first kappa shape index (κ1) is 34.8. The number of benzene rings is 2. The molecule has 2 aromatic carbocycles. The van der Waals surface area contributed by atoms with Crippen LogP contribution < -0.4 is 10.6 Å². The van der Waals surface area contributed by atoms with Gasteiger partial charge in [0.25, 0.3) is 0 Å². The van der Waals surface area contributed by atoms with Gasteiger partial charge in [-0.15, -0.1) is 22.7 Å². The lowest BCUT2D eigenvalue weighted by molar-refractivity contribution is 0.154. The molecule has 6 aromatic rings. The minimum absolute atomic E-state index is 0.199. The van der Waals surface area contributed by atoms with E-state index in [2.05, 4.69) is 90.7 Å². The normalized spacial score (nSPS) is 14.6. The molecular formula is C39H43N9OS2. The molecule has 1 fully saturated rings. The second-order valence-electron chi connectivity index (χ2n) is 13.4. The van der Waals surface area contributed by atoms with Crippen molar-refractivity contribution in [2.75, 3.05) is 23.8 Å². The van der Waals surface area contributed by atoms with Crippen LogP contribution in [-0.4, -0.2) is 59.1 Å². The van der Waals surface area contributed by atoms with Crippen molar-refractivity contribution >= 4 is 45.9 Å². The summed E-state index contributed by atoms with van der Waals surface area (Å²) in [7, 11) is 0. The molecule has 0 unspecified atom stereocenters. The molecule has 10 nitrogen and oxygen atoms in total. The summed E-state index contributed by atoms with van der Waals surface area (Å²) < 4.78 is 0. The number of aliphatic hydroxyl groups excluding tert-OH is 1. The van der Waals surface area contributed by atoms with Gasteiger partial charge in [-0.25, -0.2) is 29.9 Å². The van der Waals surface area contributed by atoms with Crippen LogP contribution in [0.3, 0.4) is 0 Å². The Labute approximate surface area is 307 Å². The van der Waals surface area contributed by atoms with Gasteiger partial charge in [0, 0.05) is 58.0 Å². The smallest absolute Gasteiger partial charge is 0.228 e. The van der Waals surface area contributed by atoms with Crippen LogP contribution in [0.25, 0.3) is 21.4 Å². The zero-order valence-corrected chi connectivity index (χ0v) is 31.1. The number of aliphatic hydroxyl groups is 1. The van der Waals surface area contributed by atoms with Crippen LogP contribution in [-0.2, 0) is 19.4 Å². The van der Waals surface area contributed by atoms with Gasteiger partial charge in [0.05, 0.1) is 6.61 Å². The SMILES string of the molecule is Cc1cc(C)cc(Nc2nccc(-c3ncc(CCCc4cc(-c5ncc(CN6CCC[C@H]6CO)s5)nc(Nc5cc(C)cc(C)c5)n4)s3)n2)c1.